The van der Waals surface area contributed by atoms with E-state index in [9.17, 15) is 9.59 Å². The van der Waals surface area contributed by atoms with Gasteiger partial charge in [-0.15, -0.1) is 0 Å². The van der Waals surface area contributed by atoms with Crippen LogP contribution in [0.5, 0.6) is 0 Å². The molecule has 2 atom stereocenters. The van der Waals surface area contributed by atoms with Gasteiger partial charge < -0.3 is 14.3 Å². The quantitative estimate of drug-likeness (QED) is 0.938. The lowest BCUT2D eigenvalue weighted by Gasteiger charge is -2.37. The number of hydrogen-bond donors (Lipinski definition) is 1. The Morgan fingerprint density at radius 3 is 2.88 bits per heavy atom. The van der Waals surface area contributed by atoms with E-state index in [-0.39, 0.29) is 17.5 Å². The Hall–Kier alpha value is -2.30. The number of carbonyl (C=O) groups excluding carboxylic acids is 1. The summed E-state index contributed by atoms with van der Waals surface area (Å²) < 4.78 is 5.93. The fraction of sp³-hybridized carbons (Fsp3) is 0.474. The number of likely N-dealkylation sites (tertiary alicyclic amines) is 1. The lowest BCUT2D eigenvalue weighted by Crippen LogP contribution is -2.41. The second-order valence-corrected chi connectivity index (χ2v) is 6.70. The second-order valence-electron chi connectivity index (χ2n) is 6.70. The first-order chi connectivity index (χ1) is 11.5. The molecule has 128 valence electrons. The highest BCUT2D eigenvalue weighted by Gasteiger charge is 2.34. The van der Waals surface area contributed by atoms with E-state index in [1.165, 1.54) is 12.3 Å². The number of pyridine rings is 1. The number of amides is 1. The summed E-state index contributed by atoms with van der Waals surface area (Å²) in [6, 6.07) is 5.40. The molecule has 3 heterocycles. The van der Waals surface area contributed by atoms with E-state index in [1.807, 2.05) is 17.0 Å². The second kappa shape index (κ2) is 6.67. The molecule has 0 aromatic carbocycles. The van der Waals surface area contributed by atoms with Crippen LogP contribution in [-0.2, 0) is 6.42 Å². The van der Waals surface area contributed by atoms with Crippen molar-refractivity contribution >= 4 is 5.91 Å². The average molecular weight is 328 g/mol. The van der Waals surface area contributed by atoms with Crippen LogP contribution in [0, 0.1) is 12.8 Å². The van der Waals surface area contributed by atoms with Gasteiger partial charge in [-0.2, -0.15) is 0 Å². The predicted molar refractivity (Wildman–Crippen MR) is 92.1 cm³/mol. The van der Waals surface area contributed by atoms with Crippen LogP contribution in [0.15, 0.2) is 33.6 Å². The van der Waals surface area contributed by atoms with Gasteiger partial charge in [0.2, 0.25) is 5.56 Å². The Bertz CT molecular complexity index is 790. The van der Waals surface area contributed by atoms with Gasteiger partial charge in [-0.3, -0.25) is 9.59 Å². The van der Waals surface area contributed by atoms with E-state index in [1.54, 1.807) is 6.92 Å². The molecule has 1 saturated heterocycles. The van der Waals surface area contributed by atoms with Crippen LogP contribution in [0.2, 0.25) is 0 Å². The molecule has 3 rings (SSSR count). The van der Waals surface area contributed by atoms with E-state index in [4.69, 9.17) is 4.42 Å². The van der Waals surface area contributed by atoms with Crippen molar-refractivity contribution in [2.45, 2.75) is 46.1 Å². The van der Waals surface area contributed by atoms with Crippen LogP contribution in [-0.4, -0.2) is 22.3 Å². The van der Waals surface area contributed by atoms with Crippen LogP contribution in [0.4, 0.5) is 0 Å². The van der Waals surface area contributed by atoms with Crippen LogP contribution in [0.1, 0.15) is 60.2 Å². The van der Waals surface area contributed by atoms with Crippen molar-refractivity contribution < 1.29 is 9.21 Å². The van der Waals surface area contributed by atoms with Crippen molar-refractivity contribution in [2.24, 2.45) is 5.92 Å². The summed E-state index contributed by atoms with van der Waals surface area (Å²) in [5.74, 6) is 2.30. The first kappa shape index (κ1) is 16.6. The van der Waals surface area contributed by atoms with Gasteiger partial charge in [0.25, 0.3) is 5.91 Å². The minimum absolute atomic E-state index is 0.0462. The number of aryl methyl sites for hydroxylation is 2. The number of nitrogens with zero attached hydrogens (tertiary/aromatic N) is 1. The normalized spacial score (nSPS) is 21.0. The highest BCUT2D eigenvalue weighted by Crippen LogP contribution is 2.36. The summed E-state index contributed by atoms with van der Waals surface area (Å²) in [7, 11) is 0. The van der Waals surface area contributed by atoms with Gasteiger partial charge in [-0.1, -0.05) is 13.8 Å². The van der Waals surface area contributed by atoms with Crippen LogP contribution in [0.3, 0.4) is 0 Å². The molecule has 24 heavy (non-hydrogen) atoms. The highest BCUT2D eigenvalue weighted by molar-refractivity contribution is 5.95. The molecule has 0 saturated carbocycles. The molecule has 5 heteroatoms. The van der Waals surface area contributed by atoms with E-state index < -0.39 is 0 Å². The number of nitrogens with one attached hydrogen (secondary N) is 1. The Morgan fingerprint density at radius 2 is 2.21 bits per heavy atom. The van der Waals surface area contributed by atoms with Crippen LogP contribution in [0.25, 0.3) is 0 Å². The first-order valence-electron chi connectivity index (χ1n) is 8.58. The van der Waals surface area contributed by atoms with Crippen molar-refractivity contribution in [3.05, 3.63) is 57.4 Å². The molecule has 1 N–H and O–H groups in total. The fourth-order valence-corrected chi connectivity index (χ4v) is 3.38. The number of furan rings is 1. The molecule has 0 spiro atoms. The van der Waals surface area contributed by atoms with Gasteiger partial charge in [-0.25, -0.2) is 0 Å². The molecule has 1 amide bonds. The largest absolute Gasteiger partial charge is 0.464 e. The number of hydrogen-bond acceptors (Lipinski definition) is 3. The topological polar surface area (TPSA) is 66.3 Å². The summed E-state index contributed by atoms with van der Waals surface area (Å²) in [5.41, 5.74) is 1.07. The van der Waals surface area contributed by atoms with Crippen molar-refractivity contribution in [2.75, 3.05) is 6.54 Å². The van der Waals surface area contributed by atoms with Gasteiger partial charge in [-0.05, 0) is 43.4 Å². The summed E-state index contributed by atoms with van der Waals surface area (Å²) in [6.45, 7) is 6.76. The fourth-order valence-electron chi connectivity index (χ4n) is 3.38. The third-order valence-electron chi connectivity index (χ3n) is 4.85. The van der Waals surface area contributed by atoms with Crippen LogP contribution < -0.4 is 5.56 Å². The zero-order valence-corrected chi connectivity index (χ0v) is 14.5. The van der Waals surface area contributed by atoms with E-state index >= 15 is 0 Å². The molecular formula is C19H24N2O3. The van der Waals surface area contributed by atoms with Gasteiger partial charge >= 0.3 is 0 Å². The zero-order chi connectivity index (χ0) is 17.3. The Kier molecular flexibility index (Phi) is 4.60. The Labute approximate surface area is 141 Å². The molecule has 1 aliphatic rings. The van der Waals surface area contributed by atoms with E-state index in [0.717, 1.165) is 30.8 Å². The van der Waals surface area contributed by atoms with Crippen LogP contribution >= 0.6 is 0 Å². The van der Waals surface area contributed by atoms with Crippen molar-refractivity contribution in [1.29, 1.82) is 0 Å². The lowest BCUT2D eigenvalue weighted by atomic mass is 9.90. The van der Waals surface area contributed by atoms with E-state index in [0.29, 0.717) is 23.6 Å². The summed E-state index contributed by atoms with van der Waals surface area (Å²) in [5, 5.41) is 0. The third-order valence-corrected chi connectivity index (χ3v) is 4.85. The molecule has 0 radical (unpaired) electrons. The number of carbonyl (C=O) groups is 1. The molecule has 0 bridgehead atoms. The van der Waals surface area contributed by atoms with Crippen molar-refractivity contribution in [3.63, 3.8) is 0 Å². The molecule has 0 unspecified atom stereocenters. The summed E-state index contributed by atoms with van der Waals surface area (Å²) >= 11 is 0. The molecule has 5 nitrogen and oxygen atoms in total. The Morgan fingerprint density at radius 1 is 1.42 bits per heavy atom. The smallest absolute Gasteiger partial charge is 0.256 e. The number of aromatic nitrogens is 1. The molecule has 0 aliphatic carbocycles. The Balaban J connectivity index is 1.93. The molecular weight excluding hydrogens is 304 g/mol. The van der Waals surface area contributed by atoms with Crippen molar-refractivity contribution in [1.82, 2.24) is 9.88 Å². The van der Waals surface area contributed by atoms with Gasteiger partial charge in [0, 0.05) is 25.2 Å². The molecule has 2 aromatic rings. The third kappa shape index (κ3) is 3.16. The molecule has 1 fully saturated rings. The number of aromatic amines is 1. The molecule has 2 aromatic heterocycles. The minimum atomic E-state index is -0.188. The minimum Gasteiger partial charge on any atom is -0.464 e. The summed E-state index contributed by atoms with van der Waals surface area (Å²) in [4.78, 5) is 29.0. The SMILES string of the molecule is CCc1ccc([C@H]2C[C@H](C)CCN2C(=O)c2c[nH]c(=O)cc2C)o1. The number of H-pyrrole nitrogens is 1. The number of piperidine rings is 1. The maximum absolute atomic E-state index is 13.1. The first-order valence-corrected chi connectivity index (χ1v) is 8.58. The predicted octanol–water partition coefficient (Wildman–Crippen LogP) is 3.45. The highest BCUT2D eigenvalue weighted by atomic mass is 16.3. The maximum atomic E-state index is 13.1. The van der Waals surface area contributed by atoms with Gasteiger partial charge in [0.05, 0.1) is 11.6 Å². The average Bonchev–Trinajstić information content (AvgIpc) is 3.03. The summed E-state index contributed by atoms with van der Waals surface area (Å²) in [6.07, 6.45) is 4.24. The van der Waals surface area contributed by atoms with Gasteiger partial charge in [0.1, 0.15) is 11.5 Å². The number of rotatable bonds is 3. The molecule has 1 aliphatic heterocycles. The monoisotopic (exact) mass is 328 g/mol. The van der Waals surface area contributed by atoms with E-state index in [2.05, 4.69) is 18.8 Å². The van der Waals surface area contributed by atoms with Gasteiger partial charge in [0.15, 0.2) is 0 Å². The lowest BCUT2D eigenvalue weighted by molar-refractivity contribution is 0.0517. The zero-order valence-electron chi connectivity index (χ0n) is 14.5. The maximum Gasteiger partial charge on any atom is 0.256 e. The standard InChI is InChI=1S/C19H24N2O3/c1-4-14-5-6-17(24-14)16-9-12(2)7-8-21(16)19(23)15-11-20-18(22)10-13(15)3/h5-6,10-12,16H,4,7-9H2,1-3H3,(H,20,22)/t12-,16-/m1/s1. The van der Waals surface area contributed by atoms with Crippen molar-refractivity contribution in [3.8, 4) is 0 Å².